The summed E-state index contributed by atoms with van der Waals surface area (Å²) in [4.78, 5) is 12.4. The van der Waals surface area contributed by atoms with Gasteiger partial charge in [-0.05, 0) is 109 Å². The minimum absolute atomic E-state index is 0.00220. The molecule has 2 saturated carbocycles. The van der Waals surface area contributed by atoms with E-state index in [1.54, 1.807) is 19.8 Å². The number of aliphatic carboxylic acids is 1. The summed E-state index contributed by atoms with van der Waals surface area (Å²) in [6.45, 7) is 6.79. The van der Waals surface area contributed by atoms with Crippen LogP contribution in [-0.2, 0) is 4.79 Å². The van der Waals surface area contributed by atoms with Crippen molar-refractivity contribution in [1.82, 2.24) is 0 Å². The quantitative estimate of drug-likeness (QED) is 0.395. The lowest BCUT2D eigenvalue weighted by Gasteiger charge is -2.58. The number of hydrogen-bond donors (Lipinski definition) is 1. The number of fused-ring (bicyclic) bond motifs is 3. The predicted octanol–water partition coefficient (Wildman–Crippen LogP) is 8.17. The van der Waals surface area contributed by atoms with Crippen LogP contribution in [0.15, 0.2) is 66.3 Å². The molecule has 2 aromatic carbocycles. The molecule has 4 nitrogen and oxygen atoms in total. The van der Waals surface area contributed by atoms with Crippen LogP contribution in [0.2, 0.25) is 0 Å². The molecule has 202 valence electrons. The molecule has 3 aliphatic rings. The summed E-state index contributed by atoms with van der Waals surface area (Å²) >= 11 is 0. The van der Waals surface area contributed by atoms with Crippen molar-refractivity contribution in [3.63, 3.8) is 0 Å². The standard InChI is InChI=1S/C34H42O4/c1-32(22-28(23-9-6-11-26(19-23)37-4)24-10-7-12-27(20-24)38-5)18-15-29-25(21-32)13-14-30-33(29,2)16-8-17-34(30,3)31(35)36/h6-7,9-13,19-20,22,29-30H,8,14-18,21H2,1-5H3,(H,35,36)/t29-,30+,32-,33+,34+/m0/s1. The molecule has 4 heteroatoms. The summed E-state index contributed by atoms with van der Waals surface area (Å²) in [6, 6.07) is 16.6. The number of benzene rings is 2. The first-order valence-electron chi connectivity index (χ1n) is 14.1. The smallest absolute Gasteiger partial charge is 0.309 e. The molecule has 1 N–H and O–H groups in total. The summed E-state index contributed by atoms with van der Waals surface area (Å²) in [7, 11) is 3.42. The molecule has 0 amide bonds. The van der Waals surface area contributed by atoms with Gasteiger partial charge in [-0.1, -0.05) is 62.3 Å². The Labute approximate surface area is 227 Å². The first-order valence-corrected chi connectivity index (χ1v) is 14.1. The fraction of sp³-hybridized carbons (Fsp3) is 0.500. The van der Waals surface area contributed by atoms with E-state index >= 15 is 0 Å². The van der Waals surface area contributed by atoms with Gasteiger partial charge in [0, 0.05) is 0 Å². The molecule has 0 bridgehead atoms. The second-order valence-corrected chi connectivity index (χ2v) is 12.6. The number of hydrogen-bond acceptors (Lipinski definition) is 3. The third-order valence-electron chi connectivity index (χ3n) is 10.2. The number of carboxylic acids is 1. The third-order valence-corrected chi connectivity index (χ3v) is 10.2. The summed E-state index contributed by atoms with van der Waals surface area (Å²) in [5, 5.41) is 10.2. The Hall–Kier alpha value is -3.01. The van der Waals surface area contributed by atoms with Crippen LogP contribution in [0.25, 0.3) is 5.57 Å². The topological polar surface area (TPSA) is 55.8 Å². The van der Waals surface area contributed by atoms with Crippen molar-refractivity contribution in [3.8, 4) is 11.5 Å². The molecule has 38 heavy (non-hydrogen) atoms. The zero-order valence-electron chi connectivity index (χ0n) is 23.5. The minimum Gasteiger partial charge on any atom is -0.497 e. The van der Waals surface area contributed by atoms with Gasteiger partial charge in [-0.25, -0.2) is 0 Å². The summed E-state index contributed by atoms with van der Waals surface area (Å²) < 4.78 is 11.1. The van der Waals surface area contributed by atoms with Crippen LogP contribution >= 0.6 is 0 Å². The van der Waals surface area contributed by atoms with Gasteiger partial charge in [0.1, 0.15) is 11.5 Å². The average molecular weight is 515 g/mol. The lowest BCUT2D eigenvalue weighted by atomic mass is 9.45. The van der Waals surface area contributed by atoms with Gasteiger partial charge in [-0.2, -0.15) is 0 Å². The van der Waals surface area contributed by atoms with Gasteiger partial charge in [-0.3, -0.25) is 4.79 Å². The molecule has 2 aromatic rings. The van der Waals surface area contributed by atoms with E-state index in [4.69, 9.17) is 9.47 Å². The molecule has 3 aliphatic carbocycles. The maximum absolute atomic E-state index is 12.4. The Morgan fingerprint density at radius 1 is 0.947 bits per heavy atom. The van der Waals surface area contributed by atoms with Gasteiger partial charge < -0.3 is 14.6 Å². The van der Waals surface area contributed by atoms with Crippen LogP contribution in [0.5, 0.6) is 11.5 Å². The summed E-state index contributed by atoms with van der Waals surface area (Å²) in [5.74, 6) is 1.75. The van der Waals surface area contributed by atoms with Crippen molar-refractivity contribution in [1.29, 1.82) is 0 Å². The number of allylic oxidation sites excluding steroid dienone is 3. The number of ether oxygens (including phenoxy) is 2. The molecule has 0 aromatic heterocycles. The maximum atomic E-state index is 12.4. The largest absolute Gasteiger partial charge is 0.497 e. The van der Waals surface area contributed by atoms with E-state index in [0.29, 0.717) is 5.92 Å². The van der Waals surface area contributed by atoms with Crippen LogP contribution in [0, 0.1) is 28.1 Å². The molecule has 5 atom stereocenters. The van der Waals surface area contributed by atoms with Crippen molar-refractivity contribution in [2.24, 2.45) is 28.1 Å². The van der Waals surface area contributed by atoms with Crippen LogP contribution in [0.3, 0.4) is 0 Å². The molecule has 5 rings (SSSR count). The second-order valence-electron chi connectivity index (χ2n) is 12.6. The van der Waals surface area contributed by atoms with Gasteiger partial charge in [0.2, 0.25) is 0 Å². The monoisotopic (exact) mass is 514 g/mol. The SMILES string of the molecule is COc1cccc(C(=C[C@@]2(C)CC[C@H]3C(=CC[C@@H]4[C@]3(C)CCC[C@@]4(C)C(=O)O)C2)c2cccc(OC)c2)c1. The zero-order chi connectivity index (χ0) is 27.1. The highest BCUT2D eigenvalue weighted by Gasteiger charge is 2.58. The van der Waals surface area contributed by atoms with Crippen LogP contribution in [-0.4, -0.2) is 25.3 Å². The zero-order valence-corrected chi connectivity index (χ0v) is 23.5. The van der Waals surface area contributed by atoms with Crippen molar-refractivity contribution in [2.75, 3.05) is 14.2 Å². The molecule has 0 aliphatic heterocycles. The van der Waals surface area contributed by atoms with Gasteiger partial charge in [0.25, 0.3) is 0 Å². The number of carboxylic acid groups (broad SMARTS) is 1. The number of methoxy groups -OCH3 is 2. The lowest BCUT2D eigenvalue weighted by molar-refractivity contribution is -0.163. The molecular weight excluding hydrogens is 472 g/mol. The normalized spacial score (nSPS) is 32.3. The molecule has 0 heterocycles. The van der Waals surface area contributed by atoms with E-state index in [1.807, 2.05) is 19.1 Å². The van der Waals surface area contributed by atoms with Crippen LogP contribution in [0.1, 0.15) is 76.8 Å². The highest BCUT2D eigenvalue weighted by atomic mass is 16.5. The first kappa shape index (κ1) is 26.6. The van der Waals surface area contributed by atoms with E-state index in [2.05, 4.69) is 62.4 Å². The molecule has 0 unspecified atom stereocenters. The molecule has 0 spiro atoms. The highest BCUT2D eigenvalue weighted by Crippen LogP contribution is 2.64. The van der Waals surface area contributed by atoms with E-state index in [-0.39, 0.29) is 16.7 Å². The van der Waals surface area contributed by atoms with E-state index in [0.717, 1.165) is 67.6 Å². The third kappa shape index (κ3) is 4.57. The molecular formula is C34H42O4. The molecule has 0 saturated heterocycles. The number of carbonyl (C=O) groups is 1. The summed E-state index contributed by atoms with van der Waals surface area (Å²) in [5.41, 5.74) is 4.44. The van der Waals surface area contributed by atoms with Crippen molar-refractivity contribution < 1.29 is 19.4 Å². The van der Waals surface area contributed by atoms with Gasteiger partial charge in [0.15, 0.2) is 0 Å². The van der Waals surface area contributed by atoms with Crippen molar-refractivity contribution in [2.45, 2.75) is 65.7 Å². The Balaban J connectivity index is 1.53. The lowest BCUT2D eigenvalue weighted by Crippen LogP contribution is -2.53. The van der Waals surface area contributed by atoms with Crippen LogP contribution < -0.4 is 9.47 Å². The Morgan fingerprint density at radius 2 is 1.58 bits per heavy atom. The Kier molecular flexibility index (Phi) is 6.96. The minimum atomic E-state index is -0.623. The van der Waals surface area contributed by atoms with E-state index in [9.17, 15) is 9.90 Å². The molecule has 2 fully saturated rings. The van der Waals surface area contributed by atoms with Crippen molar-refractivity contribution in [3.05, 3.63) is 77.4 Å². The van der Waals surface area contributed by atoms with Crippen LogP contribution in [0.4, 0.5) is 0 Å². The van der Waals surface area contributed by atoms with Gasteiger partial charge >= 0.3 is 5.97 Å². The highest BCUT2D eigenvalue weighted by molar-refractivity contribution is 5.81. The maximum Gasteiger partial charge on any atom is 0.309 e. The number of rotatable bonds is 6. The van der Waals surface area contributed by atoms with E-state index < -0.39 is 11.4 Å². The first-order chi connectivity index (χ1) is 18.1. The fourth-order valence-corrected chi connectivity index (χ4v) is 8.08. The Bertz CT molecular complexity index is 1230. The Morgan fingerprint density at radius 3 is 2.16 bits per heavy atom. The van der Waals surface area contributed by atoms with Crippen molar-refractivity contribution >= 4 is 11.5 Å². The fourth-order valence-electron chi connectivity index (χ4n) is 8.08. The predicted molar refractivity (Wildman–Crippen MR) is 152 cm³/mol. The molecule has 0 radical (unpaired) electrons. The van der Waals surface area contributed by atoms with Gasteiger partial charge in [0.05, 0.1) is 19.6 Å². The van der Waals surface area contributed by atoms with E-state index in [1.165, 1.54) is 5.57 Å². The van der Waals surface area contributed by atoms with Gasteiger partial charge in [-0.15, -0.1) is 0 Å². The average Bonchev–Trinajstić information content (AvgIpc) is 2.91. The summed E-state index contributed by atoms with van der Waals surface area (Å²) in [6.07, 6.45) is 11.9. The second kappa shape index (κ2) is 9.94.